The second kappa shape index (κ2) is 8.26. The molecule has 0 saturated carbocycles. The minimum absolute atomic E-state index is 0.00782. The van der Waals surface area contributed by atoms with Crippen molar-refractivity contribution < 1.29 is 19.2 Å². The molecule has 0 aliphatic carbocycles. The van der Waals surface area contributed by atoms with E-state index in [1.165, 1.54) is 26.4 Å². The fourth-order valence-electron chi connectivity index (χ4n) is 2.35. The second-order valence-corrected chi connectivity index (χ2v) is 5.56. The molecule has 26 heavy (non-hydrogen) atoms. The van der Waals surface area contributed by atoms with Gasteiger partial charge in [0.05, 0.1) is 30.4 Å². The highest BCUT2D eigenvalue weighted by atomic mass is 32.1. The van der Waals surface area contributed by atoms with Gasteiger partial charge in [-0.2, -0.15) is 0 Å². The predicted octanol–water partition coefficient (Wildman–Crippen LogP) is 3.05. The zero-order valence-corrected chi connectivity index (χ0v) is 15.2. The maximum atomic E-state index is 12.6. The fourth-order valence-corrected chi connectivity index (χ4v) is 2.55. The van der Waals surface area contributed by atoms with Gasteiger partial charge in [-0.3, -0.25) is 20.2 Å². The molecule has 0 bridgehead atoms. The Balaban J connectivity index is 2.20. The van der Waals surface area contributed by atoms with Crippen LogP contribution in [0, 0.1) is 17.0 Å². The first-order chi connectivity index (χ1) is 12.4. The van der Waals surface area contributed by atoms with Gasteiger partial charge in [-0.15, -0.1) is 0 Å². The highest BCUT2D eigenvalue weighted by molar-refractivity contribution is 7.80. The highest BCUT2D eigenvalue weighted by Gasteiger charge is 2.20. The molecule has 0 radical (unpaired) electrons. The fraction of sp³-hybridized carbons (Fsp3) is 0.176. The molecule has 0 saturated heterocycles. The number of hydrogen-bond acceptors (Lipinski definition) is 6. The number of rotatable bonds is 5. The number of nitrogens with one attached hydrogen (secondary N) is 2. The summed E-state index contributed by atoms with van der Waals surface area (Å²) in [7, 11) is 2.88. The highest BCUT2D eigenvalue weighted by Crippen LogP contribution is 2.28. The molecule has 0 atom stereocenters. The van der Waals surface area contributed by atoms with Crippen molar-refractivity contribution in [3.63, 3.8) is 0 Å². The van der Waals surface area contributed by atoms with Crippen LogP contribution in [-0.2, 0) is 0 Å². The quantitative estimate of drug-likeness (QED) is 0.470. The van der Waals surface area contributed by atoms with Crippen molar-refractivity contribution in [2.24, 2.45) is 0 Å². The summed E-state index contributed by atoms with van der Waals surface area (Å²) in [6.07, 6.45) is 0. The topological polar surface area (TPSA) is 103 Å². The van der Waals surface area contributed by atoms with Gasteiger partial charge in [0.1, 0.15) is 17.1 Å². The first kappa shape index (κ1) is 19.1. The number of nitro groups is 1. The molecule has 1 amide bonds. The van der Waals surface area contributed by atoms with E-state index >= 15 is 0 Å². The standard InChI is InChI=1S/C17H17N3O5S/c1-10-11(6-4-7-12(10)20(22)23)18-17(26)19-16(21)15-13(24-2)8-5-9-14(15)25-3/h4-9H,1-3H3,(H2,18,19,21,26). The summed E-state index contributed by atoms with van der Waals surface area (Å²) < 4.78 is 10.4. The van der Waals surface area contributed by atoms with Gasteiger partial charge in [0.15, 0.2) is 5.11 Å². The van der Waals surface area contributed by atoms with Crippen LogP contribution >= 0.6 is 12.2 Å². The minimum Gasteiger partial charge on any atom is -0.496 e. The van der Waals surface area contributed by atoms with Crippen molar-refractivity contribution in [2.45, 2.75) is 6.92 Å². The normalized spacial score (nSPS) is 9.96. The molecule has 0 aliphatic heterocycles. The number of nitrogens with zero attached hydrogens (tertiary/aromatic N) is 1. The molecule has 0 fully saturated rings. The van der Waals surface area contributed by atoms with Crippen LogP contribution in [0.2, 0.25) is 0 Å². The third-order valence-electron chi connectivity index (χ3n) is 3.63. The number of ether oxygens (including phenoxy) is 2. The Bertz CT molecular complexity index is 847. The summed E-state index contributed by atoms with van der Waals surface area (Å²) in [5.41, 5.74) is 0.980. The third-order valence-corrected chi connectivity index (χ3v) is 3.84. The van der Waals surface area contributed by atoms with Gasteiger partial charge in [-0.05, 0) is 37.3 Å². The zero-order valence-electron chi connectivity index (χ0n) is 14.4. The number of carbonyl (C=O) groups is 1. The maximum absolute atomic E-state index is 12.6. The van der Waals surface area contributed by atoms with Gasteiger partial charge in [0, 0.05) is 6.07 Å². The predicted molar refractivity (Wildman–Crippen MR) is 101 cm³/mol. The van der Waals surface area contributed by atoms with Crippen LogP contribution in [0.15, 0.2) is 36.4 Å². The Morgan fingerprint density at radius 3 is 2.23 bits per heavy atom. The largest absolute Gasteiger partial charge is 0.496 e. The van der Waals surface area contributed by atoms with Crippen LogP contribution in [0.5, 0.6) is 11.5 Å². The summed E-state index contributed by atoms with van der Waals surface area (Å²) in [4.78, 5) is 23.1. The molecule has 2 aromatic rings. The van der Waals surface area contributed by atoms with Crippen molar-refractivity contribution in [1.82, 2.24) is 5.32 Å². The van der Waals surface area contributed by atoms with E-state index < -0.39 is 10.8 Å². The molecule has 0 aliphatic rings. The molecule has 8 nitrogen and oxygen atoms in total. The lowest BCUT2D eigenvalue weighted by Gasteiger charge is -2.15. The molecule has 0 aromatic heterocycles. The number of anilines is 1. The van der Waals surface area contributed by atoms with Crippen LogP contribution in [0.3, 0.4) is 0 Å². The van der Waals surface area contributed by atoms with Crippen LogP contribution in [-0.4, -0.2) is 30.2 Å². The lowest BCUT2D eigenvalue weighted by atomic mass is 10.1. The van der Waals surface area contributed by atoms with Gasteiger partial charge in [0.2, 0.25) is 0 Å². The Kier molecular flexibility index (Phi) is 6.07. The van der Waals surface area contributed by atoms with E-state index in [1.807, 2.05) is 0 Å². The molecule has 2 aromatic carbocycles. The average molecular weight is 375 g/mol. The molecule has 0 unspecified atom stereocenters. The van der Waals surface area contributed by atoms with Crippen LogP contribution in [0.25, 0.3) is 0 Å². The number of carbonyl (C=O) groups excluding carboxylic acids is 1. The van der Waals surface area contributed by atoms with Gasteiger partial charge < -0.3 is 14.8 Å². The van der Waals surface area contributed by atoms with Crippen molar-refractivity contribution in [1.29, 1.82) is 0 Å². The first-order valence-electron chi connectivity index (χ1n) is 7.46. The number of amides is 1. The van der Waals surface area contributed by atoms with Crippen LogP contribution in [0.4, 0.5) is 11.4 Å². The van der Waals surface area contributed by atoms with Crippen molar-refractivity contribution in [2.75, 3.05) is 19.5 Å². The van der Waals surface area contributed by atoms with Crippen LogP contribution < -0.4 is 20.1 Å². The third kappa shape index (κ3) is 4.06. The van der Waals surface area contributed by atoms with Crippen molar-refractivity contribution in [3.8, 4) is 11.5 Å². The van der Waals surface area contributed by atoms with E-state index in [-0.39, 0.29) is 16.4 Å². The average Bonchev–Trinajstić information content (AvgIpc) is 2.62. The Labute approximate surface area is 155 Å². The summed E-state index contributed by atoms with van der Waals surface area (Å²) in [6, 6.07) is 9.49. The zero-order chi connectivity index (χ0) is 19.3. The summed E-state index contributed by atoms with van der Waals surface area (Å²) >= 11 is 5.15. The van der Waals surface area contributed by atoms with Gasteiger partial charge in [-0.1, -0.05) is 12.1 Å². The van der Waals surface area contributed by atoms with E-state index in [1.54, 1.807) is 31.2 Å². The number of methoxy groups -OCH3 is 2. The molecule has 9 heteroatoms. The van der Waals surface area contributed by atoms with Gasteiger partial charge in [0.25, 0.3) is 11.6 Å². The number of hydrogen-bond donors (Lipinski definition) is 2. The summed E-state index contributed by atoms with van der Waals surface area (Å²) in [5.74, 6) is 0.132. The lowest BCUT2D eigenvalue weighted by Crippen LogP contribution is -2.34. The monoisotopic (exact) mass is 375 g/mol. The van der Waals surface area contributed by atoms with Crippen LogP contribution in [0.1, 0.15) is 15.9 Å². The van der Waals surface area contributed by atoms with Crippen molar-refractivity contribution >= 4 is 34.6 Å². The van der Waals surface area contributed by atoms with E-state index in [0.717, 1.165) is 0 Å². The summed E-state index contributed by atoms with van der Waals surface area (Å²) in [5, 5.41) is 16.3. The molecular formula is C17H17N3O5S. The van der Waals surface area contributed by atoms with E-state index in [2.05, 4.69) is 10.6 Å². The molecule has 136 valence electrons. The molecule has 2 rings (SSSR count). The molecular weight excluding hydrogens is 358 g/mol. The molecule has 0 heterocycles. The second-order valence-electron chi connectivity index (χ2n) is 5.15. The van der Waals surface area contributed by atoms with E-state index in [4.69, 9.17) is 21.7 Å². The lowest BCUT2D eigenvalue weighted by molar-refractivity contribution is -0.385. The van der Waals surface area contributed by atoms with Crippen molar-refractivity contribution in [3.05, 3.63) is 57.6 Å². The van der Waals surface area contributed by atoms with E-state index in [0.29, 0.717) is 22.7 Å². The number of thiocarbonyl (C=S) groups is 1. The van der Waals surface area contributed by atoms with E-state index in [9.17, 15) is 14.9 Å². The Morgan fingerprint density at radius 1 is 1.12 bits per heavy atom. The minimum atomic E-state index is -0.528. The summed E-state index contributed by atoms with van der Waals surface area (Å²) in [6.45, 7) is 1.59. The molecule has 0 spiro atoms. The number of nitro benzene ring substituents is 1. The SMILES string of the molecule is COc1cccc(OC)c1C(=O)NC(=S)Nc1cccc([N+](=O)[O-])c1C. The molecule has 2 N–H and O–H groups in total. The van der Waals surface area contributed by atoms with Gasteiger partial charge >= 0.3 is 0 Å². The Morgan fingerprint density at radius 2 is 1.69 bits per heavy atom. The first-order valence-corrected chi connectivity index (χ1v) is 7.87. The Hall–Kier alpha value is -3.20. The van der Waals surface area contributed by atoms with Gasteiger partial charge in [-0.25, -0.2) is 0 Å². The maximum Gasteiger partial charge on any atom is 0.274 e. The smallest absolute Gasteiger partial charge is 0.274 e. The number of benzene rings is 2.